The minimum atomic E-state index is -4.31. The molecule has 4 aliphatic rings. The first-order chi connectivity index (χ1) is 58.9. The molecule has 0 saturated heterocycles. The number of hydrogen-bond donors (Lipinski definition) is 6. The Morgan fingerprint density at radius 2 is 0.866 bits per heavy atom. The number of nitrogens with two attached hydrogens (primary N) is 1. The van der Waals surface area contributed by atoms with Gasteiger partial charge in [-0.25, -0.2) is 52.2 Å². The fraction of sp³-hybridized carbons (Fsp3) is 0.574. The van der Waals surface area contributed by atoms with Gasteiger partial charge in [0.05, 0.1) is 32.8 Å². The van der Waals surface area contributed by atoms with Gasteiger partial charge in [0.25, 0.3) is 29.1 Å². The first-order valence-corrected chi connectivity index (χ1v) is 50.5. The summed E-state index contributed by atoms with van der Waals surface area (Å²) in [6.45, 7) is 38.6. The first-order valence-electron chi connectivity index (χ1n) is 43.8. The number of pyridine rings is 2. The Labute approximate surface area is 756 Å². The Balaban J connectivity index is 0.000000269. The van der Waals surface area contributed by atoms with E-state index in [1.54, 1.807) is 81.4 Å². The van der Waals surface area contributed by atoms with Crippen molar-refractivity contribution in [1.82, 2.24) is 25.3 Å². The van der Waals surface area contributed by atoms with Crippen LogP contribution in [0.5, 0.6) is 11.5 Å². The van der Waals surface area contributed by atoms with Gasteiger partial charge in [0.15, 0.2) is 0 Å². The first kappa shape index (κ1) is 104. The van der Waals surface area contributed by atoms with Gasteiger partial charge in [-0.1, -0.05) is 39.8 Å². The van der Waals surface area contributed by atoms with Crippen molar-refractivity contribution >= 4 is 97.1 Å². The zero-order chi connectivity index (χ0) is 94.6. The Kier molecular flexibility index (Phi) is 34.9. The number of ether oxygens (including phenoxy) is 4. The molecule has 0 saturated carbocycles. The number of benzene rings is 4. The third kappa shape index (κ3) is 27.9. The molecule has 127 heavy (non-hydrogen) atoms. The Morgan fingerprint density at radius 3 is 1.24 bits per heavy atom. The summed E-state index contributed by atoms with van der Waals surface area (Å²) >= 11 is 0. The lowest BCUT2D eigenvalue weighted by Gasteiger charge is -2.36. The van der Waals surface area contributed by atoms with E-state index in [4.69, 9.17) is 55.5 Å². The van der Waals surface area contributed by atoms with Gasteiger partial charge < -0.3 is 45.5 Å². The average Bonchev–Trinajstić information content (AvgIpc) is 0.733. The highest BCUT2D eigenvalue weighted by molar-refractivity contribution is 8.13. The van der Waals surface area contributed by atoms with Crippen LogP contribution in [0.3, 0.4) is 0 Å². The number of anilines is 2. The molecular weight excluding hydrogens is 1720 g/mol. The zero-order valence-corrected chi connectivity index (χ0v) is 81.7. The van der Waals surface area contributed by atoms with E-state index < -0.39 is 86.3 Å². The fourth-order valence-electron chi connectivity index (χ4n) is 17.1. The maximum atomic E-state index is 14.6. The number of carboxylic acids is 2. The number of aryl methyl sites for hydroxylation is 8. The quantitative estimate of drug-likeness (QED) is 0.0124. The van der Waals surface area contributed by atoms with Crippen molar-refractivity contribution in [3.63, 3.8) is 0 Å². The molecule has 10 rings (SSSR count). The minimum Gasteiger partial charge on any atom is -0.494 e. The van der Waals surface area contributed by atoms with Crippen LogP contribution in [-0.2, 0) is 129 Å². The van der Waals surface area contributed by atoms with E-state index in [1.807, 2.05) is 58.9 Å². The van der Waals surface area contributed by atoms with Gasteiger partial charge in [-0.3, -0.25) is 28.8 Å². The van der Waals surface area contributed by atoms with Crippen LogP contribution in [0.25, 0.3) is 0 Å². The summed E-state index contributed by atoms with van der Waals surface area (Å²) < 4.78 is 136. The van der Waals surface area contributed by atoms with Crippen molar-refractivity contribution in [2.75, 3.05) is 48.0 Å². The Bertz CT molecular complexity index is 5540. The number of amides is 2. The van der Waals surface area contributed by atoms with Gasteiger partial charge in [-0.05, 0) is 363 Å². The average molecular weight is 1860 g/mol. The summed E-state index contributed by atoms with van der Waals surface area (Å²) in [5.41, 5.74) is 20.2. The largest absolute Gasteiger partial charge is 0.494 e. The van der Waals surface area contributed by atoms with Crippen molar-refractivity contribution in [2.24, 2.45) is 16.6 Å². The highest BCUT2D eigenvalue weighted by Gasteiger charge is 2.41. The predicted octanol–water partition coefficient (Wildman–Crippen LogP) is 14.7. The van der Waals surface area contributed by atoms with Gasteiger partial charge in [0.2, 0.25) is 21.8 Å². The smallest absolute Gasteiger partial charge is 0.326 e. The number of sulfonamides is 3. The van der Waals surface area contributed by atoms with Crippen molar-refractivity contribution < 1.29 is 91.6 Å². The number of carbonyl (C=O) groups excluding carboxylic acids is 4. The molecule has 4 heterocycles. The summed E-state index contributed by atoms with van der Waals surface area (Å²) in [7, 11) is -10.5. The summed E-state index contributed by atoms with van der Waals surface area (Å²) in [6.07, 6.45) is 13.2. The number of nitrogens with one attached hydrogen (secondary N) is 3. The molecule has 33 heteroatoms. The molecule has 7 N–H and O–H groups in total. The minimum absolute atomic E-state index is 0.0190. The molecule has 0 unspecified atom stereocenters. The lowest BCUT2D eigenvalue weighted by atomic mass is 9.71. The second-order valence-corrected chi connectivity index (χ2v) is 45.5. The van der Waals surface area contributed by atoms with Gasteiger partial charge in [-0.2, -0.15) is 4.72 Å². The maximum Gasteiger partial charge on any atom is 0.326 e. The Hall–Kier alpha value is -8.79. The monoisotopic (exact) mass is 1860 g/mol. The van der Waals surface area contributed by atoms with E-state index in [0.29, 0.717) is 126 Å². The molecule has 6 aromatic rings. The standard InChI is InChI=1S/C47H66N4O10S2.C35H52N4O5S.C12H15ClO5S/c1-29-25-36(60-24-14-18-41(53)54)26-30(2)42(29)62(56,57)50-39(45(55)61-46(6,7)8)28-48-40(52)17-12-11-16-35-20-19-34-15-13-23-51(44(34)49-35)63(58,59)43-32(4)31(3)38-27-47(9,10)22-21-37(38)33(43)5;1-22-23(2)31(24(3)27-17-18-35(7,8)20-28(22)27)45(42,43)39-19-11-12-25-15-16-26(38-32(25)39)13-9-10-14-30(40)37-21-29(36)33(41)44-34(4,5)6;1-8-6-10(18-5-3-4-11(14)15)7-9(2)12(8)19(13,16)17/h19-20,25-26,39,50H,11-18,21-24,27-28H2,1-10H3,(H,48,52)(H,53,54);15-16,29H,9-14,17-21,36H2,1-8H3,(H,37,40);6-7H,3-5H2,1-2H3,(H,14,15)/t39-;29-;/m00./s1. The van der Waals surface area contributed by atoms with E-state index >= 15 is 0 Å². The van der Waals surface area contributed by atoms with Crippen molar-refractivity contribution in [3.8, 4) is 11.5 Å². The van der Waals surface area contributed by atoms with Crippen LogP contribution in [0.1, 0.15) is 260 Å². The van der Waals surface area contributed by atoms with Crippen molar-refractivity contribution in [3.05, 3.63) is 149 Å². The molecule has 0 fully saturated rings. The summed E-state index contributed by atoms with van der Waals surface area (Å²) in [6, 6.07) is 11.7. The van der Waals surface area contributed by atoms with E-state index in [0.717, 1.165) is 119 Å². The second-order valence-electron chi connectivity index (χ2n) is 37.7. The summed E-state index contributed by atoms with van der Waals surface area (Å²) in [5.74, 6) is -1.91. The van der Waals surface area contributed by atoms with Crippen LogP contribution >= 0.6 is 10.7 Å². The van der Waals surface area contributed by atoms with Crippen molar-refractivity contribution in [2.45, 2.75) is 323 Å². The molecule has 2 aliphatic carbocycles. The number of carboxylic acid groups (broad SMARTS) is 2. The van der Waals surface area contributed by atoms with Gasteiger partial charge in [0, 0.05) is 73.9 Å². The van der Waals surface area contributed by atoms with Crippen LogP contribution in [0.4, 0.5) is 11.6 Å². The molecular formula is C94H133ClN8O20S4. The number of carbonyl (C=O) groups is 6. The molecule has 0 spiro atoms. The number of hydrogen-bond acceptors (Lipinski definition) is 21. The SMILES string of the molecule is Cc1c(C)c(S(=O)(=O)N2CCCc3ccc(CCCCC(=O)NC[C@H](N)C(=O)OC(C)(C)C)nc32)c(C)c2c1CC(C)(C)CC2.Cc1cc(OCCCC(=O)O)cc(C)c1S(=O)(=O)Cl.Cc1cc(OCCCC(=O)O)cc(C)c1S(=O)(=O)N[C@@H](CNC(=O)CCCCc1ccc2c(n1)N(S(=O)(=O)c1c(C)c(C)c3c(c1C)CCC(C)(C)C3)CCC2)C(=O)OC(C)(C)C. The van der Waals surface area contributed by atoms with Crippen LogP contribution in [0.15, 0.2) is 68.1 Å². The number of aromatic nitrogens is 2. The number of esters is 2. The number of fused-ring (bicyclic) bond motifs is 4. The lowest BCUT2D eigenvalue weighted by Crippen LogP contribution is -2.50. The third-order valence-electron chi connectivity index (χ3n) is 23.5. The molecule has 0 radical (unpaired) electrons. The maximum absolute atomic E-state index is 14.6. The molecule has 0 bridgehead atoms. The molecule has 2 aliphatic heterocycles. The molecule has 2 amide bonds. The molecule has 700 valence electrons. The fourth-order valence-corrected chi connectivity index (χ4v) is 24.4. The summed E-state index contributed by atoms with van der Waals surface area (Å²) in [5, 5.41) is 22.8. The summed E-state index contributed by atoms with van der Waals surface area (Å²) in [4.78, 5) is 82.6. The van der Waals surface area contributed by atoms with E-state index in [-0.39, 0.29) is 84.4 Å². The second kappa shape index (κ2) is 42.8. The lowest BCUT2D eigenvalue weighted by molar-refractivity contribution is -0.157. The van der Waals surface area contributed by atoms with Crippen LogP contribution in [0, 0.1) is 80.1 Å². The number of rotatable bonds is 34. The Morgan fingerprint density at radius 1 is 0.488 bits per heavy atom. The van der Waals surface area contributed by atoms with Crippen LogP contribution < -0.4 is 39.2 Å². The molecule has 4 aromatic carbocycles. The van der Waals surface area contributed by atoms with E-state index in [1.165, 1.54) is 37.4 Å². The zero-order valence-electron chi connectivity index (χ0n) is 77.7. The van der Waals surface area contributed by atoms with Crippen LogP contribution in [0.2, 0.25) is 0 Å². The van der Waals surface area contributed by atoms with Gasteiger partial charge in [0.1, 0.15) is 46.4 Å². The normalized spacial score (nSPS) is 15.4. The highest BCUT2D eigenvalue weighted by Crippen LogP contribution is 2.46. The molecule has 2 atom stereocenters. The third-order valence-corrected chi connectivity index (χ3v) is 31.0. The van der Waals surface area contributed by atoms with E-state index in [9.17, 15) is 62.4 Å². The number of nitrogens with zero attached hydrogens (tertiary/aromatic N) is 4. The van der Waals surface area contributed by atoms with Crippen molar-refractivity contribution in [1.29, 1.82) is 0 Å². The molecule has 28 nitrogen and oxygen atoms in total. The highest BCUT2D eigenvalue weighted by atomic mass is 35.7. The number of halogens is 1. The number of aliphatic carboxylic acids is 2. The van der Waals surface area contributed by atoms with Gasteiger partial charge >= 0.3 is 23.9 Å². The topological polar surface area (TPSA) is 411 Å². The molecule has 2 aromatic heterocycles. The van der Waals surface area contributed by atoms with Crippen LogP contribution in [-0.4, -0.2) is 152 Å². The predicted molar refractivity (Wildman–Crippen MR) is 492 cm³/mol. The van der Waals surface area contributed by atoms with Gasteiger partial charge in [-0.15, -0.1) is 0 Å². The van der Waals surface area contributed by atoms with E-state index in [2.05, 4.69) is 50.0 Å². The number of unbranched alkanes of at least 4 members (excludes halogenated alkanes) is 2.